The monoisotopic (exact) mass is 492 g/mol. The van der Waals surface area contributed by atoms with Gasteiger partial charge < -0.3 is 24.8 Å². The van der Waals surface area contributed by atoms with Crippen molar-refractivity contribution in [3.05, 3.63) is 33.2 Å². The number of aryl methyl sites for hydroxylation is 1. The van der Waals surface area contributed by atoms with E-state index in [0.717, 1.165) is 44.8 Å². The van der Waals surface area contributed by atoms with Crippen LogP contribution >= 0.6 is 23.2 Å². The maximum Gasteiger partial charge on any atom is 0.357 e. The van der Waals surface area contributed by atoms with Gasteiger partial charge in [0.15, 0.2) is 5.69 Å². The second-order valence-corrected chi connectivity index (χ2v) is 9.57. The van der Waals surface area contributed by atoms with Gasteiger partial charge in [-0.1, -0.05) is 23.2 Å². The highest BCUT2D eigenvalue weighted by atomic mass is 35.5. The molecule has 9 nitrogen and oxygen atoms in total. The standard InChI is InChI=1S/C22H26Cl2N6O3/c1-3-33-21(32)14-8-15(27-22(26-14)29-6-4-5-7-29)30-9-12-13(10-30)18(12)28-20(31)19-17(24)16(23)11(2)25-19/h8,12-13,18,25H,3-7,9-10H2,1-2H3,(H,28,31)/t12-,13+,18?. The third-order valence-corrected chi connectivity index (χ3v) is 7.62. The Morgan fingerprint density at radius 1 is 1.15 bits per heavy atom. The van der Waals surface area contributed by atoms with Crippen LogP contribution in [0.5, 0.6) is 0 Å². The van der Waals surface area contributed by atoms with Crippen LogP contribution in [-0.2, 0) is 4.74 Å². The van der Waals surface area contributed by atoms with Gasteiger partial charge in [-0.05, 0) is 26.7 Å². The van der Waals surface area contributed by atoms with E-state index in [2.05, 4.69) is 25.1 Å². The number of anilines is 2. The zero-order chi connectivity index (χ0) is 23.3. The normalized spacial score (nSPS) is 23.6. The lowest BCUT2D eigenvalue weighted by atomic mass is 10.3. The van der Waals surface area contributed by atoms with Crippen molar-refractivity contribution in [1.82, 2.24) is 20.3 Å². The Labute approximate surface area is 201 Å². The molecule has 4 heterocycles. The minimum absolute atomic E-state index is 0.0802. The second-order valence-electron chi connectivity index (χ2n) is 8.81. The van der Waals surface area contributed by atoms with Crippen molar-refractivity contribution in [3.8, 4) is 0 Å². The SMILES string of the molecule is CCOC(=O)c1cc(N2C[C@@H]3C(NC(=O)c4[nH]c(C)c(Cl)c4Cl)[C@@H]3C2)nc(N2CCCC2)n1. The molecule has 176 valence electrons. The number of carbonyl (C=O) groups excluding carboxylic acids is 2. The first-order valence-corrected chi connectivity index (χ1v) is 12.0. The molecular formula is C22H26Cl2N6O3. The third-order valence-electron chi connectivity index (χ3n) is 6.67. The zero-order valence-corrected chi connectivity index (χ0v) is 20.0. The number of hydrogen-bond donors (Lipinski definition) is 2. The molecule has 3 atom stereocenters. The Morgan fingerprint density at radius 2 is 1.85 bits per heavy atom. The summed E-state index contributed by atoms with van der Waals surface area (Å²) in [6, 6.07) is 1.79. The molecule has 1 unspecified atom stereocenters. The summed E-state index contributed by atoms with van der Waals surface area (Å²) in [5.74, 6) is 1.25. The Bertz CT molecular complexity index is 1090. The van der Waals surface area contributed by atoms with Gasteiger partial charge in [-0.15, -0.1) is 0 Å². The van der Waals surface area contributed by atoms with Gasteiger partial charge in [0, 0.05) is 55.8 Å². The fraction of sp³-hybridized carbons (Fsp3) is 0.545. The van der Waals surface area contributed by atoms with Crippen LogP contribution in [0, 0.1) is 18.8 Å². The Morgan fingerprint density at radius 3 is 2.45 bits per heavy atom. The first kappa shape index (κ1) is 22.3. The van der Waals surface area contributed by atoms with Crippen molar-refractivity contribution in [1.29, 1.82) is 0 Å². The van der Waals surface area contributed by atoms with Crippen molar-refractivity contribution in [3.63, 3.8) is 0 Å². The topological polar surface area (TPSA) is 103 Å². The van der Waals surface area contributed by atoms with Crippen molar-refractivity contribution in [2.24, 2.45) is 11.8 Å². The second kappa shape index (κ2) is 8.68. The summed E-state index contributed by atoms with van der Waals surface area (Å²) in [4.78, 5) is 41.5. The van der Waals surface area contributed by atoms with Crippen LogP contribution in [0.2, 0.25) is 10.0 Å². The summed E-state index contributed by atoms with van der Waals surface area (Å²) in [7, 11) is 0. The molecule has 3 aliphatic rings. The van der Waals surface area contributed by atoms with E-state index in [1.54, 1.807) is 19.9 Å². The summed E-state index contributed by atoms with van der Waals surface area (Å²) in [5, 5.41) is 3.70. The number of rotatable bonds is 6. The van der Waals surface area contributed by atoms with Gasteiger partial charge >= 0.3 is 5.97 Å². The van der Waals surface area contributed by atoms with Gasteiger partial charge in [-0.25, -0.2) is 9.78 Å². The minimum atomic E-state index is -0.437. The van der Waals surface area contributed by atoms with Crippen LogP contribution in [0.25, 0.3) is 0 Å². The van der Waals surface area contributed by atoms with E-state index in [1.165, 1.54) is 0 Å². The van der Waals surface area contributed by atoms with E-state index < -0.39 is 5.97 Å². The van der Waals surface area contributed by atoms with Crippen LogP contribution in [0.1, 0.15) is 46.4 Å². The molecule has 33 heavy (non-hydrogen) atoms. The number of ether oxygens (including phenoxy) is 1. The molecule has 0 spiro atoms. The van der Waals surface area contributed by atoms with E-state index in [0.29, 0.717) is 40.8 Å². The number of aromatic amines is 1. The van der Waals surface area contributed by atoms with Crippen LogP contribution < -0.4 is 15.1 Å². The first-order valence-electron chi connectivity index (χ1n) is 11.3. The lowest BCUT2D eigenvalue weighted by molar-refractivity contribution is 0.0519. The zero-order valence-electron chi connectivity index (χ0n) is 18.5. The Balaban J connectivity index is 1.28. The van der Waals surface area contributed by atoms with Crippen LogP contribution in [0.15, 0.2) is 6.07 Å². The van der Waals surface area contributed by atoms with Crippen molar-refractivity contribution in [2.45, 2.75) is 32.7 Å². The van der Waals surface area contributed by atoms with Gasteiger partial charge in [0.1, 0.15) is 11.5 Å². The molecule has 1 aliphatic carbocycles. The number of amides is 1. The summed E-state index contributed by atoms with van der Waals surface area (Å²) >= 11 is 12.3. The molecule has 0 aromatic carbocycles. The highest BCUT2D eigenvalue weighted by Gasteiger charge is 2.57. The number of fused-ring (bicyclic) bond motifs is 1. The maximum absolute atomic E-state index is 12.7. The van der Waals surface area contributed by atoms with Gasteiger partial charge in [0.05, 0.1) is 16.7 Å². The molecule has 2 aliphatic heterocycles. The molecule has 5 rings (SSSR count). The lowest BCUT2D eigenvalue weighted by Gasteiger charge is -2.24. The van der Waals surface area contributed by atoms with Crippen molar-refractivity contribution in [2.75, 3.05) is 42.6 Å². The van der Waals surface area contributed by atoms with Crippen molar-refractivity contribution < 1.29 is 14.3 Å². The quantitative estimate of drug-likeness (QED) is 0.597. The minimum Gasteiger partial charge on any atom is -0.461 e. The molecule has 0 bridgehead atoms. The van der Waals surface area contributed by atoms with Crippen LogP contribution in [-0.4, -0.2) is 65.7 Å². The van der Waals surface area contributed by atoms with Crippen LogP contribution in [0.4, 0.5) is 11.8 Å². The third kappa shape index (κ3) is 4.12. The summed E-state index contributed by atoms with van der Waals surface area (Å²) in [5.41, 5.74) is 1.25. The van der Waals surface area contributed by atoms with E-state index in [-0.39, 0.29) is 22.7 Å². The number of aromatic nitrogens is 3. The average Bonchev–Trinajstić information content (AvgIpc) is 3.28. The van der Waals surface area contributed by atoms with Crippen LogP contribution in [0.3, 0.4) is 0 Å². The fourth-order valence-electron chi connectivity index (χ4n) is 4.83. The number of hydrogen-bond acceptors (Lipinski definition) is 7. The number of piperidine rings is 1. The predicted octanol–water partition coefficient (Wildman–Crippen LogP) is 3.06. The molecule has 2 N–H and O–H groups in total. The predicted molar refractivity (Wildman–Crippen MR) is 125 cm³/mol. The number of halogens is 2. The first-order chi connectivity index (χ1) is 15.9. The molecular weight excluding hydrogens is 467 g/mol. The summed E-state index contributed by atoms with van der Waals surface area (Å²) in [6.45, 7) is 7.10. The molecule has 2 aromatic rings. The fourth-order valence-corrected chi connectivity index (χ4v) is 5.25. The molecule has 1 saturated carbocycles. The number of esters is 1. The highest BCUT2D eigenvalue weighted by molar-refractivity contribution is 6.44. The molecule has 11 heteroatoms. The molecule has 2 aromatic heterocycles. The van der Waals surface area contributed by atoms with Crippen molar-refractivity contribution >= 4 is 46.8 Å². The highest BCUT2D eigenvalue weighted by Crippen LogP contribution is 2.47. The number of carbonyl (C=O) groups is 2. The lowest BCUT2D eigenvalue weighted by Crippen LogP contribution is -2.35. The maximum atomic E-state index is 12.7. The van der Waals surface area contributed by atoms with Gasteiger partial charge in [0.25, 0.3) is 5.91 Å². The van der Waals surface area contributed by atoms with Gasteiger partial charge in [0.2, 0.25) is 5.95 Å². The van der Waals surface area contributed by atoms with Gasteiger partial charge in [-0.2, -0.15) is 4.98 Å². The molecule has 2 saturated heterocycles. The summed E-state index contributed by atoms with van der Waals surface area (Å²) < 4.78 is 5.18. The van der Waals surface area contributed by atoms with E-state index in [1.807, 2.05) is 0 Å². The smallest absolute Gasteiger partial charge is 0.357 e. The Kier molecular flexibility index (Phi) is 5.86. The largest absolute Gasteiger partial charge is 0.461 e. The van der Waals surface area contributed by atoms with Gasteiger partial charge in [-0.3, -0.25) is 4.79 Å². The molecule has 0 radical (unpaired) electrons. The Hall–Kier alpha value is -2.52. The molecule has 1 amide bonds. The van der Waals surface area contributed by atoms with E-state index in [9.17, 15) is 9.59 Å². The number of H-pyrrole nitrogens is 1. The number of nitrogens with one attached hydrogen (secondary N) is 2. The van der Waals surface area contributed by atoms with E-state index in [4.69, 9.17) is 32.9 Å². The molecule has 3 fully saturated rings. The van der Waals surface area contributed by atoms with E-state index >= 15 is 0 Å². The average molecular weight is 493 g/mol. The summed E-state index contributed by atoms with van der Waals surface area (Å²) in [6.07, 6.45) is 2.18. The number of nitrogens with zero attached hydrogens (tertiary/aromatic N) is 4.